The molecule has 3 rings (SSSR count). The maximum atomic E-state index is 9.32. The largest absolute Gasteiger partial charge is 0.370 e. The third-order valence-corrected chi connectivity index (χ3v) is 3.63. The standard InChI is InChI=1S/C17H13ClN4/c18-16-9-17(22-11-21-16)20-6-5-14-7-12-3-1-2-4-13(12)8-15(14)10-19/h1-4,7-9,11H,5-6H2,(H,20,21,22). The van der Waals surface area contributed by atoms with Crippen molar-refractivity contribution in [3.63, 3.8) is 0 Å². The minimum absolute atomic E-state index is 0.404. The van der Waals surface area contributed by atoms with Crippen LogP contribution >= 0.6 is 11.6 Å². The molecule has 0 unspecified atom stereocenters. The fraction of sp³-hybridized carbons (Fsp3) is 0.118. The zero-order chi connectivity index (χ0) is 15.4. The van der Waals surface area contributed by atoms with Gasteiger partial charge in [-0.2, -0.15) is 5.26 Å². The minimum Gasteiger partial charge on any atom is -0.370 e. The van der Waals surface area contributed by atoms with Crippen molar-refractivity contribution in [1.29, 1.82) is 5.26 Å². The van der Waals surface area contributed by atoms with Crippen LogP contribution in [-0.4, -0.2) is 16.5 Å². The van der Waals surface area contributed by atoms with Crippen LogP contribution in [0.4, 0.5) is 5.82 Å². The second-order valence-corrected chi connectivity index (χ2v) is 5.26. The molecular formula is C17H13ClN4. The Morgan fingerprint density at radius 1 is 1.09 bits per heavy atom. The summed E-state index contributed by atoms with van der Waals surface area (Å²) in [5.74, 6) is 0.680. The Morgan fingerprint density at radius 3 is 2.59 bits per heavy atom. The first-order valence-electron chi connectivity index (χ1n) is 6.89. The van der Waals surface area contributed by atoms with Gasteiger partial charge in [-0.25, -0.2) is 9.97 Å². The summed E-state index contributed by atoms with van der Waals surface area (Å²) in [6.45, 7) is 0.667. The van der Waals surface area contributed by atoms with E-state index in [1.807, 2.05) is 24.3 Å². The van der Waals surface area contributed by atoms with Gasteiger partial charge in [0.25, 0.3) is 0 Å². The Morgan fingerprint density at radius 2 is 1.86 bits per heavy atom. The molecule has 0 amide bonds. The van der Waals surface area contributed by atoms with Crippen molar-refractivity contribution in [3.05, 3.63) is 65.1 Å². The fourth-order valence-corrected chi connectivity index (χ4v) is 2.50. The Kier molecular flexibility index (Phi) is 4.17. The van der Waals surface area contributed by atoms with E-state index in [1.165, 1.54) is 6.33 Å². The highest BCUT2D eigenvalue weighted by atomic mass is 35.5. The van der Waals surface area contributed by atoms with Crippen LogP contribution in [-0.2, 0) is 6.42 Å². The molecule has 0 saturated heterocycles. The van der Waals surface area contributed by atoms with Crippen LogP contribution in [0.25, 0.3) is 10.8 Å². The van der Waals surface area contributed by atoms with Crippen molar-refractivity contribution in [2.75, 3.05) is 11.9 Å². The molecular weight excluding hydrogens is 296 g/mol. The van der Waals surface area contributed by atoms with Crippen molar-refractivity contribution in [2.45, 2.75) is 6.42 Å². The average molecular weight is 309 g/mol. The molecule has 0 radical (unpaired) electrons. The van der Waals surface area contributed by atoms with E-state index in [0.717, 1.165) is 22.8 Å². The SMILES string of the molecule is N#Cc1cc2ccccc2cc1CCNc1cc(Cl)ncn1. The molecule has 1 aromatic heterocycles. The van der Waals surface area contributed by atoms with Crippen LogP contribution < -0.4 is 5.32 Å². The Hall–Kier alpha value is -2.64. The monoisotopic (exact) mass is 308 g/mol. The molecule has 0 aliphatic heterocycles. The molecule has 108 valence electrons. The number of halogens is 1. The number of anilines is 1. The predicted molar refractivity (Wildman–Crippen MR) is 87.9 cm³/mol. The molecule has 0 atom stereocenters. The lowest BCUT2D eigenvalue weighted by Gasteiger charge is -2.08. The number of rotatable bonds is 4. The number of hydrogen-bond donors (Lipinski definition) is 1. The first kappa shape index (κ1) is 14.3. The normalized spacial score (nSPS) is 10.4. The minimum atomic E-state index is 0.404. The highest BCUT2D eigenvalue weighted by Crippen LogP contribution is 2.20. The molecule has 0 saturated carbocycles. The number of aromatic nitrogens is 2. The van der Waals surface area contributed by atoms with E-state index in [2.05, 4.69) is 33.5 Å². The van der Waals surface area contributed by atoms with Crippen molar-refractivity contribution in [3.8, 4) is 6.07 Å². The number of nitriles is 1. The average Bonchev–Trinajstić information content (AvgIpc) is 2.54. The van der Waals surface area contributed by atoms with Crippen LogP contribution in [0.1, 0.15) is 11.1 Å². The van der Waals surface area contributed by atoms with Gasteiger partial charge in [-0.05, 0) is 34.9 Å². The van der Waals surface area contributed by atoms with Gasteiger partial charge >= 0.3 is 0 Å². The van der Waals surface area contributed by atoms with Crippen molar-refractivity contribution < 1.29 is 0 Å². The lowest BCUT2D eigenvalue weighted by atomic mass is 9.99. The highest BCUT2D eigenvalue weighted by molar-refractivity contribution is 6.29. The second-order valence-electron chi connectivity index (χ2n) is 4.87. The van der Waals surface area contributed by atoms with E-state index in [-0.39, 0.29) is 0 Å². The zero-order valence-electron chi connectivity index (χ0n) is 11.8. The molecule has 0 bridgehead atoms. The number of nitrogens with zero attached hydrogens (tertiary/aromatic N) is 3. The lowest BCUT2D eigenvalue weighted by molar-refractivity contribution is 0.997. The predicted octanol–water partition coefficient (Wildman–Crippen LogP) is 3.81. The highest BCUT2D eigenvalue weighted by Gasteiger charge is 2.05. The number of nitrogens with one attached hydrogen (secondary N) is 1. The Labute approximate surface area is 133 Å². The topological polar surface area (TPSA) is 61.6 Å². The summed E-state index contributed by atoms with van der Waals surface area (Å²) in [5, 5.41) is 15.1. The van der Waals surface area contributed by atoms with Gasteiger partial charge in [0.05, 0.1) is 11.6 Å². The van der Waals surface area contributed by atoms with Gasteiger partial charge in [0.1, 0.15) is 17.3 Å². The van der Waals surface area contributed by atoms with E-state index in [4.69, 9.17) is 11.6 Å². The Balaban J connectivity index is 1.77. The quantitative estimate of drug-likeness (QED) is 0.744. The smallest absolute Gasteiger partial charge is 0.134 e. The van der Waals surface area contributed by atoms with Gasteiger partial charge < -0.3 is 5.32 Å². The van der Waals surface area contributed by atoms with Crippen LogP contribution in [0.3, 0.4) is 0 Å². The van der Waals surface area contributed by atoms with Crippen molar-refractivity contribution >= 4 is 28.2 Å². The zero-order valence-corrected chi connectivity index (χ0v) is 12.5. The molecule has 4 nitrogen and oxygen atoms in total. The molecule has 22 heavy (non-hydrogen) atoms. The maximum absolute atomic E-state index is 9.32. The van der Waals surface area contributed by atoms with Gasteiger partial charge in [0.15, 0.2) is 0 Å². The molecule has 0 aliphatic rings. The summed E-state index contributed by atoms with van der Waals surface area (Å²) >= 11 is 5.82. The first-order chi connectivity index (χ1) is 10.8. The van der Waals surface area contributed by atoms with Gasteiger partial charge in [-0.1, -0.05) is 35.9 Å². The van der Waals surface area contributed by atoms with E-state index < -0.39 is 0 Å². The maximum Gasteiger partial charge on any atom is 0.134 e. The summed E-state index contributed by atoms with van der Waals surface area (Å²) in [4.78, 5) is 7.93. The van der Waals surface area contributed by atoms with Gasteiger partial charge in [-0.15, -0.1) is 0 Å². The molecule has 1 heterocycles. The molecule has 0 fully saturated rings. The molecule has 5 heteroatoms. The first-order valence-corrected chi connectivity index (χ1v) is 7.27. The summed E-state index contributed by atoms with van der Waals surface area (Å²) in [6.07, 6.45) is 2.15. The Bertz CT molecular complexity index is 855. The number of hydrogen-bond acceptors (Lipinski definition) is 4. The fourth-order valence-electron chi connectivity index (χ4n) is 2.35. The number of benzene rings is 2. The van der Waals surface area contributed by atoms with E-state index in [9.17, 15) is 5.26 Å². The van der Waals surface area contributed by atoms with Gasteiger partial charge in [0.2, 0.25) is 0 Å². The third kappa shape index (κ3) is 3.16. The van der Waals surface area contributed by atoms with Crippen molar-refractivity contribution in [1.82, 2.24) is 9.97 Å². The summed E-state index contributed by atoms with van der Waals surface area (Å²) in [7, 11) is 0. The van der Waals surface area contributed by atoms with Crippen LogP contribution in [0.15, 0.2) is 48.8 Å². The molecule has 3 aromatic rings. The summed E-state index contributed by atoms with van der Waals surface area (Å²) in [5.41, 5.74) is 1.73. The molecule has 0 aliphatic carbocycles. The third-order valence-electron chi connectivity index (χ3n) is 3.43. The summed E-state index contributed by atoms with van der Waals surface area (Å²) < 4.78 is 0. The van der Waals surface area contributed by atoms with Gasteiger partial charge in [0, 0.05) is 12.6 Å². The lowest BCUT2D eigenvalue weighted by Crippen LogP contribution is -2.07. The van der Waals surface area contributed by atoms with Crippen LogP contribution in [0.5, 0.6) is 0 Å². The molecule has 1 N–H and O–H groups in total. The van der Waals surface area contributed by atoms with Crippen molar-refractivity contribution in [2.24, 2.45) is 0 Å². The molecule has 2 aromatic carbocycles. The van der Waals surface area contributed by atoms with E-state index >= 15 is 0 Å². The molecule has 0 spiro atoms. The van der Waals surface area contributed by atoms with Crippen LogP contribution in [0.2, 0.25) is 5.15 Å². The van der Waals surface area contributed by atoms with Crippen LogP contribution in [0, 0.1) is 11.3 Å². The second kappa shape index (κ2) is 6.42. The van der Waals surface area contributed by atoms with E-state index in [1.54, 1.807) is 6.07 Å². The number of fused-ring (bicyclic) bond motifs is 1. The summed E-state index contributed by atoms with van der Waals surface area (Å²) in [6, 6.07) is 16.0. The van der Waals surface area contributed by atoms with E-state index in [0.29, 0.717) is 23.1 Å². The van der Waals surface area contributed by atoms with Gasteiger partial charge in [-0.3, -0.25) is 0 Å².